The van der Waals surface area contributed by atoms with E-state index in [1.54, 1.807) is 0 Å². The number of benzene rings is 2. The van der Waals surface area contributed by atoms with Crippen LogP contribution in [-0.4, -0.2) is 15.0 Å². The van der Waals surface area contributed by atoms with Gasteiger partial charge in [-0.15, -0.1) is 0 Å². The molecular weight excluding hydrogens is 258 g/mol. The second-order valence-electron chi connectivity index (χ2n) is 5.43. The Hall–Kier alpha value is -2.68. The van der Waals surface area contributed by atoms with Crippen LogP contribution >= 0.6 is 0 Å². The molecule has 4 aromatic rings. The molecule has 0 bridgehead atoms. The second-order valence-corrected chi connectivity index (χ2v) is 5.43. The highest BCUT2D eigenvalue weighted by Gasteiger charge is 2.08. The molecule has 21 heavy (non-hydrogen) atoms. The molecule has 3 heteroatoms. The molecule has 1 N–H and O–H groups in total. The zero-order valence-corrected chi connectivity index (χ0v) is 12.0. The van der Waals surface area contributed by atoms with Gasteiger partial charge in [-0.05, 0) is 49.2 Å². The maximum absolute atomic E-state index is 4.69. The summed E-state index contributed by atoms with van der Waals surface area (Å²) >= 11 is 0. The zero-order chi connectivity index (χ0) is 14.4. The van der Waals surface area contributed by atoms with Gasteiger partial charge in [0, 0.05) is 5.39 Å². The molecule has 3 nitrogen and oxygen atoms in total. The number of pyridine rings is 1. The molecule has 0 amide bonds. The van der Waals surface area contributed by atoms with Gasteiger partial charge < -0.3 is 4.98 Å². The quantitative estimate of drug-likeness (QED) is 0.558. The van der Waals surface area contributed by atoms with Gasteiger partial charge in [-0.1, -0.05) is 24.3 Å². The van der Waals surface area contributed by atoms with Crippen molar-refractivity contribution < 1.29 is 0 Å². The van der Waals surface area contributed by atoms with Crippen LogP contribution in [0.15, 0.2) is 48.5 Å². The predicted octanol–water partition coefficient (Wildman–Crippen LogP) is 4.39. The molecule has 2 aromatic carbocycles. The molecule has 102 valence electrons. The molecule has 0 spiro atoms. The molecule has 0 radical (unpaired) electrons. The average Bonchev–Trinajstić information content (AvgIpc) is 2.90. The SMILES string of the molecule is Cc1cc2nc(-c3ccc4ccccc4n3)[nH]c2cc1C. The van der Waals surface area contributed by atoms with E-state index < -0.39 is 0 Å². The van der Waals surface area contributed by atoms with Gasteiger partial charge in [0.2, 0.25) is 0 Å². The van der Waals surface area contributed by atoms with Crippen molar-refractivity contribution in [2.24, 2.45) is 0 Å². The number of hydrogen-bond donors (Lipinski definition) is 1. The Morgan fingerprint density at radius 2 is 1.62 bits per heavy atom. The number of nitrogens with one attached hydrogen (secondary N) is 1. The van der Waals surface area contributed by atoms with E-state index in [1.165, 1.54) is 11.1 Å². The third kappa shape index (κ3) is 1.98. The molecule has 0 aliphatic heterocycles. The second kappa shape index (κ2) is 4.42. The Kier molecular flexibility index (Phi) is 2.54. The van der Waals surface area contributed by atoms with Gasteiger partial charge in [-0.25, -0.2) is 9.97 Å². The van der Waals surface area contributed by atoms with E-state index in [-0.39, 0.29) is 0 Å². The van der Waals surface area contributed by atoms with Gasteiger partial charge in [0.15, 0.2) is 5.82 Å². The van der Waals surface area contributed by atoms with Crippen molar-refractivity contribution in [3.8, 4) is 11.5 Å². The third-order valence-electron chi connectivity index (χ3n) is 3.94. The van der Waals surface area contributed by atoms with Gasteiger partial charge in [-0.3, -0.25) is 0 Å². The summed E-state index contributed by atoms with van der Waals surface area (Å²) in [6, 6.07) is 16.5. The van der Waals surface area contributed by atoms with Crippen LogP contribution in [0.2, 0.25) is 0 Å². The Balaban J connectivity index is 1.91. The Labute approximate surface area is 122 Å². The first-order valence-corrected chi connectivity index (χ1v) is 7.04. The highest BCUT2D eigenvalue weighted by molar-refractivity contribution is 5.83. The molecule has 0 saturated heterocycles. The van der Waals surface area contributed by atoms with E-state index in [9.17, 15) is 0 Å². The number of nitrogens with zero attached hydrogens (tertiary/aromatic N) is 2. The van der Waals surface area contributed by atoms with Crippen LogP contribution in [0.25, 0.3) is 33.5 Å². The molecule has 2 heterocycles. The maximum Gasteiger partial charge on any atom is 0.157 e. The molecule has 0 saturated carbocycles. The zero-order valence-electron chi connectivity index (χ0n) is 12.0. The summed E-state index contributed by atoms with van der Waals surface area (Å²) in [7, 11) is 0. The highest BCUT2D eigenvalue weighted by Crippen LogP contribution is 2.23. The Morgan fingerprint density at radius 1 is 0.810 bits per heavy atom. The molecule has 0 unspecified atom stereocenters. The van der Waals surface area contributed by atoms with Crippen molar-refractivity contribution in [1.82, 2.24) is 15.0 Å². The van der Waals surface area contributed by atoms with Crippen LogP contribution in [0.5, 0.6) is 0 Å². The summed E-state index contributed by atoms with van der Waals surface area (Å²) in [5.74, 6) is 0.820. The summed E-state index contributed by atoms with van der Waals surface area (Å²) < 4.78 is 0. The lowest BCUT2D eigenvalue weighted by molar-refractivity contribution is 1.27. The van der Waals surface area contributed by atoms with Crippen LogP contribution < -0.4 is 0 Å². The van der Waals surface area contributed by atoms with Gasteiger partial charge >= 0.3 is 0 Å². The summed E-state index contributed by atoms with van der Waals surface area (Å²) in [4.78, 5) is 12.7. The minimum absolute atomic E-state index is 0.820. The fourth-order valence-corrected chi connectivity index (χ4v) is 2.59. The number of aromatic amines is 1. The monoisotopic (exact) mass is 273 g/mol. The number of para-hydroxylation sites is 1. The minimum atomic E-state index is 0.820. The normalized spacial score (nSPS) is 11.3. The first-order valence-electron chi connectivity index (χ1n) is 7.04. The number of hydrogen-bond acceptors (Lipinski definition) is 2. The molecule has 2 aromatic heterocycles. The lowest BCUT2D eigenvalue weighted by Gasteiger charge is -1.99. The molecule has 0 atom stereocenters. The Bertz CT molecular complexity index is 928. The first-order chi connectivity index (χ1) is 10.2. The lowest BCUT2D eigenvalue weighted by Crippen LogP contribution is -1.86. The van der Waals surface area contributed by atoms with E-state index in [2.05, 4.69) is 48.1 Å². The van der Waals surface area contributed by atoms with E-state index >= 15 is 0 Å². The minimum Gasteiger partial charge on any atom is -0.337 e. The molecule has 0 aliphatic rings. The lowest BCUT2D eigenvalue weighted by atomic mass is 10.1. The highest BCUT2D eigenvalue weighted by atomic mass is 14.9. The standard InChI is InChI=1S/C18H15N3/c1-11-9-16-17(10-12(11)2)21-18(20-16)15-8-7-13-5-3-4-6-14(13)19-15/h3-10H,1-2H3,(H,20,21). The van der Waals surface area contributed by atoms with Gasteiger partial charge in [-0.2, -0.15) is 0 Å². The molecule has 4 rings (SSSR count). The van der Waals surface area contributed by atoms with Crippen molar-refractivity contribution in [1.29, 1.82) is 0 Å². The summed E-state index contributed by atoms with van der Waals surface area (Å²) in [6.07, 6.45) is 0. The maximum atomic E-state index is 4.69. The van der Waals surface area contributed by atoms with Crippen LogP contribution in [0.4, 0.5) is 0 Å². The predicted molar refractivity (Wildman–Crippen MR) is 86.3 cm³/mol. The topological polar surface area (TPSA) is 41.6 Å². The van der Waals surface area contributed by atoms with E-state index in [1.807, 2.05) is 24.3 Å². The van der Waals surface area contributed by atoms with Gasteiger partial charge in [0.05, 0.1) is 16.6 Å². The van der Waals surface area contributed by atoms with Crippen molar-refractivity contribution in [2.45, 2.75) is 13.8 Å². The van der Waals surface area contributed by atoms with Crippen molar-refractivity contribution in [3.05, 3.63) is 59.7 Å². The smallest absolute Gasteiger partial charge is 0.157 e. The summed E-state index contributed by atoms with van der Waals surface area (Å²) in [5.41, 5.74) is 6.44. The van der Waals surface area contributed by atoms with Crippen molar-refractivity contribution >= 4 is 21.9 Å². The van der Waals surface area contributed by atoms with E-state index in [0.29, 0.717) is 0 Å². The number of fused-ring (bicyclic) bond motifs is 2. The van der Waals surface area contributed by atoms with Crippen LogP contribution in [0.1, 0.15) is 11.1 Å². The average molecular weight is 273 g/mol. The molecule has 0 aliphatic carbocycles. The third-order valence-corrected chi connectivity index (χ3v) is 3.94. The van der Waals surface area contributed by atoms with Gasteiger partial charge in [0.1, 0.15) is 5.69 Å². The largest absolute Gasteiger partial charge is 0.337 e. The fraction of sp³-hybridized carbons (Fsp3) is 0.111. The van der Waals surface area contributed by atoms with Crippen LogP contribution in [-0.2, 0) is 0 Å². The molecular formula is C18H15N3. The van der Waals surface area contributed by atoms with Crippen LogP contribution in [0, 0.1) is 13.8 Å². The molecule has 0 fully saturated rings. The number of H-pyrrole nitrogens is 1. The fourth-order valence-electron chi connectivity index (χ4n) is 2.59. The number of imidazole rings is 1. The van der Waals surface area contributed by atoms with Crippen molar-refractivity contribution in [2.75, 3.05) is 0 Å². The number of aromatic nitrogens is 3. The number of aryl methyl sites for hydroxylation is 2. The summed E-state index contributed by atoms with van der Waals surface area (Å²) in [6.45, 7) is 4.22. The van der Waals surface area contributed by atoms with Crippen LogP contribution in [0.3, 0.4) is 0 Å². The van der Waals surface area contributed by atoms with Gasteiger partial charge in [0.25, 0.3) is 0 Å². The van der Waals surface area contributed by atoms with E-state index in [0.717, 1.165) is 33.5 Å². The first kappa shape index (κ1) is 12.1. The van der Waals surface area contributed by atoms with Crippen molar-refractivity contribution in [3.63, 3.8) is 0 Å². The Morgan fingerprint density at radius 3 is 2.52 bits per heavy atom. The number of rotatable bonds is 1. The van der Waals surface area contributed by atoms with E-state index in [4.69, 9.17) is 4.98 Å². The summed E-state index contributed by atoms with van der Waals surface area (Å²) in [5, 5.41) is 1.14.